The van der Waals surface area contributed by atoms with Gasteiger partial charge >= 0.3 is 0 Å². The zero-order valence-corrected chi connectivity index (χ0v) is 14.4. The largest absolute Gasteiger partial charge is 0.367 e. The Morgan fingerprint density at radius 1 is 1.11 bits per heavy atom. The summed E-state index contributed by atoms with van der Waals surface area (Å²) in [5.41, 5.74) is 0.322. The molecule has 2 aromatic rings. The summed E-state index contributed by atoms with van der Waals surface area (Å²) >= 11 is 0. The van der Waals surface area contributed by atoms with Crippen molar-refractivity contribution in [2.45, 2.75) is 0 Å². The third-order valence-electron chi connectivity index (χ3n) is 4.36. The average Bonchev–Trinajstić information content (AvgIpc) is 2.63. The van der Waals surface area contributed by atoms with Crippen molar-refractivity contribution < 1.29 is 18.5 Å². The molecule has 0 aliphatic carbocycles. The van der Waals surface area contributed by atoms with Gasteiger partial charge in [0.05, 0.1) is 17.2 Å². The zero-order chi connectivity index (χ0) is 19.4. The fourth-order valence-corrected chi connectivity index (χ4v) is 3.02. The molecule has 1 fully saturated rings. The molecule has 1 amide bonds. The Balaban J connectivity index is 1.55. The summed E-state index contributed by atoms with van der Waals surface area (Å²) in [7, 11) is 0. The van der Waals surface area contributed by atoms with Crippen molar-refractivity contribution in [2.75, 3.05) is 42.9 Å². The lowest BCUT2D eigenvalue weighted by Gasteiger charge is -2.35. The van der Waals surface area contributed by atoms with Crippen LogP contribution in [0.3, 0.4) is 0 Å². The maximum absolute atomic E-state index is 13.9. The first-order valence-corrected chi connectivity index (χ1v) is 8.39. The Morgan fingerprint density at radius 2 is 1.81 bits per heavy atom. The summed E-state index contributed by atoms with van der Waals surface area (Å²) in [4.78, 5) is 26.3. The van der Waals surface area contributed by atoms with Gasteiger partial charge in [0.2, 0.25) is 5.91 Å². The maximum atomic E-state index is 13.9. The molecular weight excluding hydrogens is 358 g/mol. The zero-order valence-electron chi connectivity index (χ0n) is 14.4. The van der Waals surface area contributed by atoms with Gasteiger partial charge < -0.3 is 10.2 Å². The fraction of sp³-hybridized carbons (Fsp3) is 0.278. The highest BCUT2D eigenvalue weighted by Crippen LogP contribution is 2.24. The van der Waals surface area contributed by atoms with Crippen LogP contribution in [0.1, 0.15) is 0 Å². The number of piperazine rings is 1. The molecule has 0 aromatic heterocycles. The van der Waals surface area contributed by atoms with Crippen LogP contribution >= 0.6 is 0 Å². The van der Waals surface area contributed by atoms with E-state index >= 15 is 0 Å². The Kier molecular flexibility index (Phi) is 5.60. The summed E-state index contributed by atoms with van der Waals surface area (Å²) in [6, 6.07) is 9.41. The molecule has 1 saturated heterocycles. The van der Waals surface area contributed by atoms with Crippen LogP contribution in [-0.4, -0.2) is 48.5 Å². The third kappa shape index (κ3) is 4.56. The van der Waals surface area contributed by atoms with E-state index in [2.05, 4.69) is 5.32 Å². The van der Waals surface area contributed by atoms with Gasteiger partial charge in [-0.2, -0.15) is 0 Å². The molecule has 1 aliphatic heterocycles. The molecular formula is C18H18F2N4O3. The van der Waals surface area contributed by atoms with E-state index in [9.17, 15) is 23.7 Å². The van der Waals surface area contributed by atoms with Crippen molar-refractivity contribution in [2.24, 2.45) is 0 Å². The molecule has 1 heterocycles. The normalized spacial score (nSPS) is 14.8. The topological polar surface area (TPSA) is 78.7 Å². The van der Waals surface area contributed by atoms with E-state index in [1.54, 1.807) is 11.0 Å². The van der Waals surface area contributed by atoms with E-state index in [4.69, 9.17) is 0 Å². The second-order valence-corrected chi connectivity index (χ2v) is 6.18. The van der Waals surface area contributed by atoms with Crippen LogP contribution in [0.15, 0.2) is 42.5 Å². The molecule has 1 aliphatic rings. The molecule has 9 heteroatoms. The first-order valence-electron chi connectivity index (χ1n) is 8.39. The van der Waals surface area contributed by atoms with Gasteiger partial charge in [-0.05, 0) is 18.2 Å². The SMILES string of the molecule is O=C(CN1CCN(c2ccc(F)cc2F)CC1)Nc1ccccc1[N+](=O)[O-]. The fourth-order valence-electron chi connectivity index (χ4n) is 3.02. The molecule has 7 nitrogen and oxygen atoms in total. The number of nitro benzene ring substituents is 1. The van der Waals surface area contributed by atoms with E-state index in [1.807, 2.05) is 4.90 Å². The highest BCUT2D eigenvalue weighted by Gasteiger charge is 2.22. The lowest BCUT2D eigenvalue weighted by Crippen LogP contribution is -2.49. The van der Waals surface area contributed by atoms with Crippen molar-refractivity contribution >= 4 is 23.0 Å². The van der Waals surface area contributed by atoms with E-state index in [0.717, 1.165) is 6.07 Å². The average molecular weight is 376 g/mol. The minimum Gasteiger partial charge on any atom is -0.367 e. The van der Waals surface area contributed by atoms with Gasteiger partial charge in [0.25, 0.3) is 5.69 Å². The lowest BCUT2D eigenvalue weighted by molar-refractivity contribution is -0.383. The second kappa shape index (κ2) is 8.09. The number of carbonyl (C=O) groups is 1. The minimum absolute atomic E-state index is 0.0752. The minimum atomic E-state index is -0.624. The summed E-state index contributed by atoms with van der Waals surface area (Å²) in [6.07, 6.45) is 0. The van der Waals surface area contributed by atoms with Gasteiger partial charge in [-0.3, -0.25) is 19.8 Å². The van der Waals surface area contributed by atoms with E-state index in [1.165, 1.54) is 30.3 Å². The summed E-state index contributed by atoms with van der Waals surface area (Å²) in [5.74, 6) is -1.59. The van der Waals surface area contributed by atoms with Gasteiger partial charge in [-0.1, -0.05) is 12.1 Å². The van der Waals surface area contributed by atoms with Crippen LogP contribution < -0.4 is 10.2 Å². The Labute approximate surface area is 154 Å². The number of rotatable bonds is 5. The predicted octanol–water partition coefficient (Wildman–Crippen LogP) is 2.63. The third-order valence-corrected chi connectivity index (χ3v) is 4.36. The molecule has 0 bridgehead atoms. The van der Waals surface area contributed by atoms with Gasteiger partial charge in [-0.15, -0.1) is 0 Å². The standard InChI is InChI=1S/C18H18F2N4O3/c19-13-5-6-16(14(20)11-13)23-9-7-22(8-10-23)12-18(25)21-15-3-1-2-4-17(15)24(26)27/h1-6,11H,7-10,12H2,(H,21,25). The summed E-state index contributed by atoms with van der Waals surface area (Å²) in [5, 5.41) is 13.6. The highest BCUT2D eigenvalue weighted by molar-refractivity contribution is 5.94. The summed E-state index contributed by atoms with van der Waals surface area (Å²) in [6.45, 7) is 2.08. The maximum Gasteiger partial charge on any atom is 0.292 e. The number of benzene rings is 2. The van der Waals surface area contributed by atoms with Crippen LogP contribution in [0.4, 0.5) is 25.8 Å². The molecule has 2 aromatic carbocycles. The Bertz CT molecular complexity index is 854. The van der Waals surface area contributed by atoms with Crippen molar-refractivity contribution in [1.29, 1.82) is 0 Å². The number of hydrogen-bond acceptors (Lipinski definition) is 5. The number of nitro groups is 1. The second-order valence-electron chi connectivity index (χ2n) is 6.18. The molecule has 0 spiro atoms. The van der Waals surface area contributed by atoms with Gasteiger partial charge in [0.15, 0.2) is 0 Å². The Morgan fingerprint density at radius 3 is 2.48 bits per heavy atom. The smallest absolute Gasteiger partial charge is 0.292 e. The Hall–Kier alpha value is -3.07. The van der Waals surface area contributed by atoms with E-state index in [0.29, 0.717) is 31.9 Å². The molecule has 3 rings (SSSR count). The van der Waals surface area contributed by atoms with Crippen LogP contribution in [0.25, 0.3) is 0 Å². The van der Waals surface area contributed by atoms with Crippen LogP contribution in [0, 0.1) is 21.7 Å². The van der Waals surface area contributed by atoms with Crippen LogP contribution in [-0.2, 0) is 4.79 Å². The number of para-hydroxylation sites is 2. The first kappa shape index (κ1) is 18.7. The molecule has 142 valence electrons. The molecule has 0 saturated carbocycles. The molecule has 0 atom stereocenters. The number of nitrogens with zero attached hydrogens (tertiary/aromatic N) is 3. The van der Waals surface area contributed by atoms with E-state index < -0.39 is 16.6 Å². The van der Waals surface area contributed by atoms with Crippen molar-refractivity contribution in [3.63, 3.8) is 0 Å². The first-order chi connectivity index (χ1) is 12.9. The number of amides is 1. The van der Waals surface area contributed by atoms with Crippen LogP contribution in [0.5, 0.6) is 0 Å². The number of nitrogens with one attached hydrogen (secondary N) is 1. The number of carbonyl (C=O) groups excluding carboxylic acids is 1. The molecule has 0 radical (unpaired) electrons. The lowest BCUT2D eigenvalue weighted by atomic mass is 10.2. The van der Waals surface area contributed by atoms with Crippen molar-refractivity contribution in [3.05, 3.63) is 64.2 Å². The predicted molar refractivity (Wildman–Crippen MR) is 96.7 cm³/mol. The van der Waals surface area contributed by atoms with Crippen LogP contribution in [0.2, 0.25) is 0 Å². The van der Waals surface area contributed by atoms with Gasteiger partial charge in [0, 0.05) is 38.3 Å². The van der Waals surface area contributed by atoms with E-state index in [-0.39, 0.29) is 23.8 Å². The number of hydrogen-bond donors (Lipinski definition) is 1. The van der Waals surface area contributed by atoms with Crippen molar-refractivity contribution in [1.82, 2.24) is 4.90 Å². The summed E-state index contributed by atoms with van der Waals surface area (Å²) < 4.78 is 26.9. The van der Waals surface area contributed by atoms with Gasteiger partial charge in [0.1, 0.15) is 17.3 Å². The molecule has 0 unspecified atom stereocenters. The monoisotopic (exact) mass is 376 g/mol. The highest BCUT2D eigenvalue weighted by atomic mass is 19.1. The number of halogens is 2. The molecule has 1 N–H and O–H groups in total. The van der Waals surface area contributed by atoms with Crippen molar-refractivity contribution in [3.8, 4) is 0 Å². The quantitative estimate of drug-likeness (QED) is 0.641. The molecule has 27 heavy (non-hydrogen) atoms. The van der Waals surface area contributed by atoms with Gasteiger partial charge in [-0.25, -0.2) is 8.78 Å². The number of anilines is 2.